The number of carbonyl (C=O) groups is 1. The van der Waals surface area contributed by atoms with E-state index in [1.54, 1.807) is 18.6 Å². The van der Waals surface area contributed by atoms with Crippen molar-refractivity contribution in [2.24, 2.45) is 11.8 Å². The Morgan fingerprint density at radius 2 is 2.00 bits per heavy atom. The van der Waals surface area contributed by atoms with Crippen LogP contribution in [0.4, 0.5) is 0 Å². The van der Waals surface area contributed by atoms with Crippen molar-refractivity contribution in [3.05, 3.63) is 24.2 Å². The van der Waals surface area contributed by atoms with Gasteiger partial charge >= 0.3 is 0 Å². The van der Waals surface area contributed by atoms with E-state index in [1.165, 1.54) is 38.9 Å². The van der Waals surface area contributed by atoms with Crippen LogP contribution >= 0.6 is 0 Å². The van der Waals surface area contributed by atoms with Crippen LogP contribution in [-0.2, 0) is 0 Å². The molecule has 2 aliphatic heterocycles. The number of likely N-dealkylation sites (tertiary alicyclic amines) is 2. The van der Waals surface area contributed by atoms with Crippen molar-refractivity contribution in [2.45, 2.75) is 39.0 Å². The van der Waals surface area contributed by atoms with Crippen LogP contribution in [0.25, 0.3) is 0 Å². The molecule has 0 aromatic carbocycles. The number of carbonyl (C=O) groups excluding carboxylic acids is 1. The number of hydrogen-bond acceptors (Lipinski definition) is 3. The third-order valence-electron chi connectivity index (χ3n) is 5.30. The Hall–Kier alpha value is -1.29. The van der Waals surface area contributed by atoms with Gasteiger partial charge in [0.25, 0.3) is 5.91 Å². The van der Waals surface area contributed by atoms with E-state index in [-0.39, 0.29) is 5.91 Å². The Kier molecular flexibility index (Phi) is 5.19. The molecule has 122 valence electrons. The molecule has 0 unspecified atom stereocenters. The quantitative estimate of drug-likeness (QED) is 0.860. The smallest absolute Gasteiger partial charge is 0.257 e. The van der Waals surface area contributed by atoms with E-state index in [0.717, 1.165) is 37.8 Å². The molecule has 0 aliphatic carbocycles. The number of hydrogen-bond donors (Lipinski definition) is 0. The van der Waals surface area contributed by atoms with Gasteiger partial charge in [-0.15, -0.1) is 0 Å². The highest BCUT2D eigenvalue weighted by molar-refractivity contribution is 5.93. The van der Waals surface area contributed by atoms with Crippen molar-refractivity contribution in [1.82, 2.24) is 9.80 Å². The van der Waals surface area contributed by atoms with Gasteiger partial charge in [0, 0.05) is 19.6 Å². The average Bonchev–Trinajstić information content (AvgIpc) is 2.96. The van der Waals surface area contributed by atoms with Gasteiger partial charge in [-0.05, 0) is 63.1 Å². The second kappa shape index (κ2) is 7.32. The number of amides is 1. The van der Waals surface area contributed by atoms with Crippen LogP contribution in [0.5, 0.6) is 0 Å². The van der Waals surface area contributed by atoms with Crippen LogP contribution in [0.3, 0.4) is 0 Å². The fraction of sp³-hybridized carbons (Fsp3) is 0.722. The zero-order valence-electron chi connectivity index (χ0n) is 13.7. The molecule has 3 heterocycles. The summed E-state index contributed by atoms with van der Waals surface area (Å²) in [6.07, 6.45) is 9.33. The number of piperidine rings is 1. The fourth-order valence-electron chi connectivity index (χ4n) is 3.73. The van der Waals surface area contributed by atoms with Gasteiger partial charge in [0.05, 0.1) is 11.8 Å². The zero-order chi connectivity index (χ0) is 15.4. The predicted molar refractivity (Wildman–Crippen MR) is 86.8 cm³/mol. The van der Waals surface area contributed by atoms with E-state index in [2.05, 4.69) is 11.8 Å². The summed E-state index contributed by atoms with van der Waals surface area (Å²) in [4.78, 5) is 17.0. The molecule has 22 heavy (non-hydrogen) atoms. The maximum absolute atomic E-state index is 12.4. The van der Waals surface area contributed by atoms with Crippen LogP contribution in [0.1, 0.15) is 49.4 Å². The first-order chi connectivity index (χ1) is 10.7. The van der Waals surface area contributed by atoms with E-state index >= 15 is 0 Å². The normalized spacial score (nSPS) is 25.1. The second-order valence-corrected chi connectivity index (χ2v) is 7.08. The first kappa shape index (κ1) is 15.6. The summed E-state index contributed by atoms with van der Waals surface area (Å²) in [6, 6.07) is 1.76. The minimum Gasteiger partial charge on any atom is -0.472 e. The lowest BCUT2D eigenvalue weighted by molar-refractivity contribution is 0.0757. The van der Waals surface area contributed by atoms with Crippen LogP contribution in [0, 0.1) is 11.8 Å². The molecule has 0 radical (unpaired) electrons. The highest BCUT2D eigenvalue weighted by atomic mass is 16.3. The van der Waals surface area contributed by atoms with Crippen molar-refractivity contribution in [3.63, 3.8) is 0 Å². The lowest BCUT2D eigenvalue weighted by Crippen LogP contribution is -2.37. The van der Waals surface area contributed by atoms with E-state index in [4.69, 9.17) is 4.42 Å². The van der Waals surface area contributed by atoms with Gasteiger partial charge in [-0.2, -0.15) is 0 Å². The van der Waals surface area contributed by atoms with Crippen LogP contribution in [0.15, 0.2) is 23.0 Å². The Morgan fingerprint density at radius 3 is 2.73 bits per heavy atom. The number of furan rings is 1. The first-order valence-corrected chi connectivity index (χ1v) is 8.76. The van der Waals surface area contributed by atoms with Crippen LogP contribution in [0.2, 0.25) is 0 Å². The third-order valence-corrected chi connectivity index (χ3v) is 5.30. The third kappa shape index (κ3) is 3.92. The molecule has 1 atom stereocenters. The molecule has 4 heteroatoms. The molecule has 1 aromatic heterocycles. The monoisotopic (exact) mass is 304 g/mol. The minimum atomic E-state index is 0.126. The maximum atomic E-state index is 12.4. The van der Waals surface area contributed by atoms with Gasteiger partial charge in [0.2, 0.25) is 0 Å². The van der Waals surface area contributed by atoms with Crippen molar-refractivity contribution in [2.75, 3.05) is 32.7 Å². The van der Waals surface area contributed by atoms with Gasteiger partial charge in [-0.1, -0.05) is 6.92 Å². The van der Waals surface area contributed by atoms with E-state index in [1.807, 2.05) is 4.90 Å². The summed E-state index contributed by atoms with van der Waals surface area (Å²) in [5.74, 6) is 1.77. The molecule has 2 fully saturated rings. The Labute approximate surface area is 133 Å². The highest BCUT2D eigenvalue weighted by Gasteiger charge is 2.24. The molecule has 0 bridgehead atoms. The van der Waals surface area contributed by atoms with E-state index in [9.17, 15) is 4.79 Å². The summed E-state index contributed by atoms with van der Waals surface area (Å²) >= 11 is 0. The highest BCUT2D eigenvalue weighted by Crippen LogP contribution is 2.23. The molecule has 0 saturated carbocycles. The molecule has 2 aliphatic rings. The SMILES string of the molecule is CC1CCN(C[C@H]2CCCN(C(=O)c3ccoc3)CC2)CC1. The van der Waals surface area contributed by atoms with Crippen LogP contribution < -0.4 is 0 Å². The average molecular weight is 304 g/mol. The molecule has 0 N–H and O–H groups in total. The molecular weight excluding hydrogens is 276 g/mol. The summed E-state index contributed by atoms with van der Waals surface area (Å²) in [5.41, 5.74) is 0.684. The lowest BCUT2D eigenvalue weighted by atomic mass is 9.95. The molecular formula is C18H28N2O2. The van der Waals surface area contributed by atoms with Gasteiger partial charge < -0.3 is 14.2 Å². The van der Waals surface area contributed by atoms with E-state index < -0.39 is 0 Å². The van der Waals surface area contributed by atoms with Crippen molar-refractivity contribution >= 4 is 5.91 Å². The van der Waals surface area contributed by atoms with Gasteiger partial charge in [-0.25, -0.2) is 0 Å². The molecule has 2 saturated heterocycles. The molecule has 4 nitrogen and oxygen atoms in total. The molecule has 1 aromatic rings. The van der Waals surface area contributed by atoms with Crippen molar-refractivity contribution < 1.29 is 9.21 Å². The Morgan fingerprint density at radius 1 is 1.18 bits per heavy atom. The largest absolute Gasteiger partial charge is 0.472 e. The van der Waals surface area contributed by atoms with Crippen molar-refractivity contribution in [3.8, 4) is 0 Å². The maximum Gasteiger partial charge on any atom is 0.257 e. The van der Waals surface area contributed by atoms with Crippen molar-refractivity contribution in [1.29, 1.82) is 0 Å². The molecule has 3 rings (SSSR count). The predicted octanol–water partition coefficient (Wildman–Crippen LogP) is 3.25. The second-order valence-electron chi connectivity index (χ2n) is 7.08. The van der Waals surface area contributed by atoms with Gasteiger partial charge in [-0.3, -0.25) is 4.79 Å². The van der Waals surface area contributed by atoms with E-state index in [0.29, 0.717) is 5.56 Å². The minimum absolute atomic E-state index is 0.126. The molecule has 0 spiro atoms. The van der Waals surface area contributed by atoms with Gasteiger partial charge in [0.15, 0.2) is 0 Å². The first-order valence-electron chi connectivity index (χ1n) is 8.76. The summed E-state index contributed by atoms with van der Waals surface area (Å²) in [5, 5.41) is 0. The van der Waals surface area contributed by atoms with Gasteiger partial charge in [0.1, 0.15) is 6.26 Å². The summed E-state index contributed by atoms with van der Waals surface area (Å²) in [7, 11) is 0. The summed E-state index contributed by atoms with van der Waals surface area (Å²) < 4.78 is 5.03. The zero-order valence-corrected chi connectivity index (χ0v) is 13.7. The Balaban J connectivity index is 1.48. The number of nitrogens with zero attached hydrogens (tertiary/aromatic N) is 2. The standard InChI is InChI=1S/C18H28N2O2/c1-15-4-9-19(10-5-15)13-16-3-2-8-20(11-6-16)18(21)17-7-12-22-14-17/h7,12,14-16H,2-6,8-11,13H2,1H3/t16-/m0/s1. The van der Waals surface area contributed by atoms with Crippen LogP contribution in [-0.4, -0.2) is 48.4 Å². The lowest BCUT2D eigenvalue weighted by Gasteiger charge is -2.32. The number of rotatable bonds is 3. The fourth-order valence-corrected chi connectivity index (χ4v) is 3.73. The Bertz CT molecular complexity index is 463. The summed E-state index contributed by atoms with van der Waals surface area (Å²) in [6.45, 7) is 7.88. The molecule has 1 amide bonds. The topological polar surface area (TPSA) is 36.7 Å².